The van der Waals surface area contributed by atoms with Gasteiger partial charge in [-0.15, -0.1) is 0 Å². The molecule has 0 spiro atoms. The van der Waals surface area contributed by atoms with E-state index in [2.05, 4.69) is 9.05 Å². The first kappa shape index (κ1) is 48.8. The van der Waals surface area contributed by atoms with Crippen molar-refractivity contribution in [2.45, 2.75) is 209 Å². The van der Waals surface area contributed by atoms with Gasteiger partial charge in [-0.05, 0) is 0 Å². The molecule has 0 aliphatic carbocycles. The zero-order valence-electron chi connectivity index (χ0n) is 33.6. The first-order valence-corrected chi connectivity index (χ1v) is 19.8. The molecule has 24 heteroatoms. The molecule has 4 aliphatic rings. The summed E-state index contributed by atoms with van der Waals surface area (Å²) in [6, 6.07) is 0. The monoisotopic (exact) mass is 876 g/mol. The van der Waals surface area contributed by atoms with Gasteiger partial charge < -0.3 is 0 Å². The third-order valence-corrected chi connectivity index (χ3v) is 14.4. The minimum absolute atomic E-state index is 0.480. The van der Waals surface area contributed by atoms with Crippen LogP contribution in [0.2, 0.25) is 0 Å². The summed E-state index contributed by atoms with van der Waals surface area (Å²) >= 11 is 0. The number of hydrogen-bond donors (Lipinski definition) is 0. The van der Waals surface area contributed by atoms with Crippen molar-refractivity contribution < 1.29 is 75.3 Å². The number of hydroxylamine groups is 6. The third-order valence-electron chi connectivity index (χ3n) is 11.3. The molecular weight excluding hydrogens is 825 g/mol. The maximum atomic E-state index is 15.4. The van der Waals surface area contributed by atoms with Crippen molar-refractivity contribution in [1.82, 2.24) is 15.2 Å². The van der Waals surface area contributed by atoms with Crippen molar-refractivity contribution in [2.24, 2.45) is 0 Å². The average molecular weight is 877 g/mol. The molecule has 4 saturated heterocycles. The topological polar surface area (TPSA) is 125 Å². The Labute approximate surface area is 323 Å². The van der Waals surface area contributed by atoms with Crippen molar-refractivity contribution in [2.75, 3.05) is 0 Å². The number of hydrogen-bond acceptors (Lipinski definition) is 11. The Balaban J connectivity index is 2.24. The Kier molecular flexibility index (Phi) is 11.4. The van der Waals surface area contributed by atoms with Gasteiger partial charge in [0.15, 0.2) is 0 Å². The average Bonchev–Trinajstić information content (AvgIpc) is 3.22. The molecule has 0 atom stereocenters. The summed E-state index contributed by atoms with van der Waals surface area (Å²) in [6.45, 7) is 14.9. The van der Waals surface area contributed by atoms with Crippen molar-refractivity contribution in [3.8, 4) is 0 Å². The van der Waals surface area contributed by atoms with Crippen LogP contribution in [0, 0.1) is 15.6 Å². The van der Waals surface area contributed by atoms with Gasteiger partial charge in [0.1, 0.15) is 0 Å². The van der Waals surface area contributed by atoms with E-state index in [1.807, 2.05) is 0 Å². The Morgan fingerprint density at radius 3 is 0.702 bits per heavy atom. The summed E-state index contributed by atoms with van der Waals surface area (Å²) in [6.07, 6.45) is -41.3. The van der Waals surface area contributed by atoms with Gasteiger partial charge in [-0.1, -0.05) is 0 Å². The normalized spacial score (nSPS) is 31.5. The molecule has 0 unspecified atom stereocenters. The molecular formula is C33H51F12N3O8P-3. The standard InChI is InChI=1S/C33H51F12N3O8P/c1-22(2)13-19(14-23(3,4)46(22)49)52-57(53-20-15-24(5,6)47(50)25(7,8)16-20,54-21-17-26(9,10)48(51)27(11,12)18-21)55-28(30(34,35)36,31(37,38)39)29(56-57,32(40,41)42)33(43,44)45/h19-21H,13-18H2,1-12H3/q-3. The van der Waals surface area contributed by atoms with Gasteiger partial charge in [0, 0.05) is 0 Å². The number of alkyl halides is 12. The van der Waals surface area contributed by atoms with E-state index < -0.39 is 134 Å². The number of rotatable bonds is 6. The molecule has 4 fully saturated rings. The van der Waals surface area contributed by atoms with E-state index in [1.54, 1.807) is 0 Å². The minimum atomic E-state index is -8.39. The number of piperidine rings is 3. The maximum absolute atomic E-state index is 15.4. The SMILES string of the molecule is CC1(C)CC(OP2(OC3CC(C)(C)N([O-])C(C)(C)C3)(OC3CC(C)(C)N([O-])C(C)(C)C3)OC(C(F)(F)F)(C(F)(F)F)C(C(F)(F)F)(C(F)(F)F)O2)CC(C)(C)N1[O-]. The molecule has 0 bridgehead atoms. The van der Waals surface area contributed by atoms with Gasteiger partial charge in [-0.2, -0.15) is 0 Å². The summed E-state index contributed by atoms with van der Waals surface area (Å²) in [5.74, 6) is 0. The summed E-state index contributed by atoms with van der Waals surface area (Å²) < 4.78 is 212. The van der Waals surface area contributed by atoms with Gasteiger partial charge in [0.2, 0.25) is 0 Å². The quantitative estimate of drug-likeness (QED) is 0.187. The van der Waals surface area contributed by atoms with E-state index in [1.165, 1.54) is 83.1 Å². The van der Waals surface area contributed by atoms with Crippen LogP contribution in [0.1, 0.15) is 122 Å². The molecule has 0 saturated carbocycles. The summed E-state index contributed by atoms with van der Waals surface area (Å²) in [5.41, 5.74) is -24.9. The second-order valence-electron chi connectivity index (χ2n) is 19.4. The molecule has 0 radical (unpaired) electrons. The molecule has 4 aliphatic heterocycles. The van der Waals surface area contributed by atoms with Crippen molar-refractivity contribution in [1.29, 1.82) is 0 Å². The molecule has 57 heavy (non-hydrogen) atoms. The summed E-state index contributed by atoms with van der Waals surface area (Å²) in [4.78, 5) is 0. The van der Waals surface area contributed by atoms with E-state index in [-0.39, 0.29) is 0 Å². The van der Waals surface area contributed by atoms with Crippen molar-refractivity contribution in [3.63, 3.8) is 0 Å². The van der Waals surface area contributed by atoms with E-state index in [4.69, 9.17) is 13.6 Å². The van der Waals surface area contributed by atoms with Crippen LogP contribution < -0.4 is 0 Å². The van der Waals surface area contributed by atoms with Crippen LogP contribution in [0.4, 0.5) is 52.7 Å². The van der Waals surface area contributed by atoms with Crippen LogP contribution in [0.25, 0.3) is 0 Å². The molecule has 0 aromatic rings. The van der Waals surface area contributed by atoms with Crippen molar-refractivity contribution >= 4 is 7.74 Å². The van der Waals surface area contributed by atoms with Crippen LogP contribution in [0.15, 0.2) is 0 Å². The molecule has 338 valence electrons. The fourth-order valence-electron chi connectivity index (χ4n) is 9.59. The Hall–Kier alpha value is -0.850. The Morgan fingerprint density at radius 1 is 0.404 bits per heavy atom. The molecule has 0 aromatic heterocycles. The van der Waals surface area contributed by atoms with Gasteiger partial charge in [-0.3, -0.25) is 0 Å². The molecule has 0 aromatic carbocycles. The fraction of sp³-hybridized carbons (Fsp3) is 1.00. The van der Waals surface area contributed by atoms with Crippen molar-refractivity contribution in [3.05, 3.63) is 15.6 Å². The first-order chi connectivity index (χ1) is 24.8. The van der Waals surface area contributed by atoms with Gasteiger partial charge in [0.05, 0.1) is 0 Å². The fourth-order valence-corrected chi connectivity index (χ4v) is 13.5. The molecule has 0 N–H and O–H groups in total. The molecule has 0 amide bonds. The van der Waals surface area contributed by atoms with Crippen LogP contribution in [-0.4, -0.2) is 103 Å². The molecule has 4 rings (SSSR count). The zero-order chi connectivity index (χ0) is 44.7. The third kappa shape index (κ3) is 7.71. The van der Waals surface area contributed by atoms with Gasteiger partial charge >= 0.3 is 323 Å². The zero-order valence-corrected chi connectivity index (χ0v) is 34.5. The van der Waals surface area contributed by atoms with E-state index in [9.17, 15) is 15.6 Å². The number of halogens is 12. The summed E-state index contributed by atoms with van der Waals surface area (Å²) in [5, 5.41) is 41.4. The van der Waals surface area contributed by atoms with E-state index in [0.29, 0.717) is 15.2 Å². The van der Waals surface area contributed by atoms with Gasteiger partial charge in [-0.25, -0.2) is 0 Å². The molecule has 11 nitrogen and oxygen atoms in total. The second kappa shape index (κ2) is 13.3. The van der Waals surface area contributed by atoms with Crippen LogP contribution in [0.5, 0.6) is 0 Å². The predicted molar refractivity (Wildman–Crippen MR) is 181 cm³/mol. The van der Waals surface area contributed by atoms with Gasteiger partial charge in [0.25, 0.3) is 0 Å². The number of nitrogens with zero attached hydrogens (tertiary/aromatic N) is 3. The van der Waals surface area contributed by atoms with Crippen LogP contribution in [-0.2, 0) is 22.6 Å². The van der Waals surface area contributed by atoms with E-state index in [0.717, 1.165) is 0 Å². The predicted octanol–water partition coefficient (Wildman–Crippen LogP) is 10.5. The van der Waals surface area contributed by atoms with E-state index >= 15 is 52.7 Å². The summed E-state index contributed by atoms with van der Waals surface area (Å²) in [7, 11) is -8.39. The Morgan fingerprint density at radius 2 is 0.561 bits per heavy atom. The van der Waals surface area contributed by atoms with Crippen LogP contribution >= 0.6 is 7.74 Å². The second-order valence-corrected chi connectivity index (χ2v) is 21.9. The Bertz CT molecular complexity index is 1300. The van der Waals surface area contributed by atoms with Crippen LogP contribution in [0.3, 0.4) is 0 Å². The first-order valence-electron chi connectivity index (χ1n) is 18.0. The molecule has 4 heterocycles.